The van der Waals surface area contributed by atoms with E-state index in [9.17, 15) is 4.79 Å². The zero-order valence-electron chi connectivity index (χ0n) is 11.7. The summed E-state index contributed by atoms with van der Waals surface area (Å²) >= 11 is 0. The van der Waals surface area contributed by atoms with Crippen molar-refractivity contribution in [3.63, 3.8) is 0 Å². The van der Waals surface area contributed by atoms with Crippen LogP contribution < -0.4 is 4.74 Å². The van der Waals surface area contributed by atoms with E-state index in [1.807, 2.05) is 17.9 Å². The predicted octanol–water partition coefficient (Wildman–Crippen LogP) is 1.83. The maximum atomic E-state index is 11.4. The molecule has 1 aromatic rings. The highest BCUT2D eigenvalue weighted by Crippen LogP contribution is 2.33. The highest BCUT2D eigenvalue weighted by Gasteiger charge is 2.31. The highest BCUT2D eigenvalue weighted by molar-refractivity contribution is 5.55. The van der Waals surface area contributed by atoms with Gasteiger partial charge in [0.05, 0.1) is 6.04 Å². The number of allylic oxidation sites excluding steroid dienone is 1. The van der Waals surface area contributed by atoms with Gasteiger partial charge in [0.2, 0.25) is 0 Å². The molecule has 0 bridgehead atoms. The number of nitrogens with zero attached hydrogens (tertiary/aromatic N) is 3. The van der Waals surface area contributed by atoms with Gasteiger partial charge in [-0.15, -0.1) is 0 Å². The van der Waals surface area contributed by atoms with Crippen LogP contribution in [0.3, 0.4) is 0 Å². The summed E-state index contributed by atoms with van der Waals surface area (Å²) in [5.41, 5.74) is 1.90. The Hall–Kier alpha value is -2.57. The molecule has 3 heterocycles. The van der Waals surface area contributed by atoms with Crippen molar-refractivity contribution < 1.29 is 9.53 Å². The minimum absolute atomic E-state index is 0.0289. The lowest BCUT2D eigenvalue weighted by molar-refractivity contribution is 0.179. The number of fused-ring (bicyclic) bond motifs is 2. The average molecular weight is 281 g/mol. The zero-order chi connectivity index (χ0) is 14.8. The first-order valence-corrected chi connectivity index (χ1v) is 6.92. The van der Waals surface area contributed by atoms with Crippen molar-refractivity contribution in [2.24, 2.45) is 5.92 Å². The van der Waals surface area contributed by atoms with Crippen molar-refractivity contribution in [1.82, 2.24) is 9.88 Å². The summed E-state index contributed by atoms with van der Waals surface area (Å²) in [5.74, 6) is 2.69. The summed E-state index contributed by atoms with van der Waals surface area (Å²) in [6.45, 7) is 2.93. The largest absolute Gasteiger partial charge is 0.490 e. The van der Waals surface area contributed by atoms with Crippen molar-refractivity contribution in [2.75, 3.05) is 6.61 Å². The second-order valence-corrected chi connectivity index (χ2v) is 5.32. The van der Waals surface area contributed by atoms with E-state index in [-0.39, 0.29) is 12.0 Å². The van der Waals surface area contributed by atoms with Crippen LogP contribution in [0.5, 0.6) is 5.75 Å². The van der Waals surface area contributed by atoms with Crippen LogP contribution in [-0.4, -0.2) is 28.5 Å². The first kappa shape index (κ1) is 13.4. The van der Waals surface area contributed by atoms with Crippen LogP contribution in [0.1, 0.15) is 24.5 Å². The molecule has 0 fully saturated rings. The van der Waals surface area contributed by atoms with Gasteiger partial charge in [-0.05, 0) is 6.42 Å². The summed E-state index contributed by atoms with van der Waals surface area (Å²) < 4.78 is 5.84. The normalized spacial score (nSPS) is 23.8. The van der Waals surface area contributed by atoms with E-state index < -0.39 is 0 Å². The van der Waals surface area contributed by atoms with E-state index in [1.54, 1.807) is 6.20 Å². The van der Waals surface area contributed by atoms with Crippen LogP contribution in [-0.2, 0) is 11.3 Å². The molecule has 5 heteroatoms. The molecule has 0 radical (unpaired) electrons. The Morgan fingerprint density at radius 2 is 2.33 bits per heavy atom. The van der Waals surface area contributed by atoms with Crippen molar-refractivity contribution in [3.05, 3.63) is 41.4 Å². The number of hydrogen-bond donors (Lipinski definition) is 0. The van der Waals surface area contributed by atoms with Crippen LogP contribution in [0.15, 0.2) is 30.2 Å². The molecular formula is C16H15N3O2. The summed E-state index contributed by atoms with van der Waals surface area (Å²) in [6.07, 6.45) is 8.12. The Morgan fingerprint density at radius 1 is 1.48 bits per heavy atom. The topological polar surface area (TPSA) is 66.2 Å². The molecule has 21 heavy (non-hydrogen) atoms. The van der Waals surface area contributed by atoms with Gasteiger partial charge in [0, 0.05) is 30.4 Å². The number of hydrogen-bond acceptors (Lipinski definition) is 5. The summed E-state index contributed by atoms with van der Waals surface area (Å²) in [6, 6.07) is 2.18. The lowest BCUT2D eigenvalue weighted by atomic mass is 10.1. The summed E-state index contributed by atoms with van der Waals surface area (Å²) in [7, 11) is 0. The maximum Gasteiger partial charge on any atom is 0.146 e. The highest BCUT2D eigenvalue weighted by atomic mass is 16.5. The lowest BCUT2D eigenvalue weighted by Crippen LogP contribution is -2.37. The number of ether oxygens (including phenoxy) is 1. The Labute approximate surface area is 123 Å². The Balaban J connectivity index is 2.05. The molecule has 106 valence electrons. The molecular weight excluding hydrogens is 266 g/mol. The average Bonchev–Trinajstić information content (AvgIpc) is 2.76. The van der Waals surface area contributed by atoms with Crippen LogP contribution in [0, 0.1) is 17.2 Å². The minimum Gasteiger partial charge on any atom is -0.490 e. The molecule has 2 aliphatic heterocycles. The molecule has 0 spiro atoms. The van der Waals surface area contributed by atoms with Gasteiger partial charge in [-0.3, -0.25) is 4.98 Å². The van der Waals surface area contributed by atoms with Gasteiger partial charge in [-0.2, -0.15) is 5.26 Å². The monoisotopic (exact) mass is 281 g/mol. The molecule has 2 aliphatic rings. The zero-order valence-corrected chi connectivity index (χ0v) is 11.7. The molecule has 0 N–H and O–H groups in total. The molecule has 1 aromatic heterocycles. The van der Waals surface area contributed by atoms with Crippen molar-refractivity contribution >= 4 is 5.94 Å². The SMILES string of the molecule is CC1C=CC[C@@H]2COc3c(C#N)cncc3CN2C1=C=O. The quantitative estimate of drug-likeness (QED) is 0.536. The Bertz CT molecular complexity index is 683. The van der Waals surface area contributed by atoms with Crippen molar-refractivity contribution in [3.8, 4) is 11.8 Å². The lowest BCUT2D eigenvalue weighted by Gasteiger charge is -2.30. The van der Waals surface area contributed by atoms with E-state index in [2.05, 4.69) is 23.1 Å². The molecule has 5 nitrogen and oxygen atoms in total. The molecule has 1 unspecified atom stereocenters. The molecule has 0 saturated carbocycles. The minimum atomic E-state index is 0.0289. The number of nitriles is 1. The second kappa shape index (κ2) is 5.43. The molecule has 0 aromatic carbocycles. The summed E-state index contributed by atoms with van der Waals surface area (Å²) in [5, 5.41) is 9.17. The molecule has 2 atom stereocenters. The fourth-order valence-corrected chi connectivity index (χ4v) is 2.86. The van der Waals surface area contributed by atoms with E-state index in [0.717, 1.165) is 12.0 Å². The Morgan fingerprint density at radius 3 is 3.10 bits per heavy atom. The second-order valence-electron chi connectivity index (χ2n) is 5.32. The number of pyridine rings is 1. The molecule has 0 amide bonds. The van der Waals surface area contributed by atoms with Gasteiger partial charge in [0.1, 0.15) is 35.6 Å². The van der Waals surface area contributed by atoms with Gasteiger partial charge < -0.3 is 9.64 Å². The van der Waals surface area contributed by atoms with Crippen LogP contribution >= 0.6 is 0 Å². The molecule has 0 aliphatic carbocycles. The predicted molar refractivity (Wildman–Crippen MR) is 75.9 cm³/mol. The number of rotatable bonds is 0. The molecule has 3 rings (SSSR count). The fourth-order valence-electron chi connectivity index (χ4n) is 2.86. The van der Waals surface area contributed by atoms with Crippen LogP contribution in [0.4, 0.5) is 0 Å². The third-order valence-electron chi connectivity index (χ3n) is 3.97. The Kier molecular flexibility index (Phi) is 3.47. The number of aromatic nitrogens is 1. The smallest absolute Gasteiger partial charge is 0.146 e. The van der Waals surface area contributed by atoms with Gasteiger partial charge in [-0.25, -0.2) is 4.79 Å². The number of carbonyl (C=O) groups excluding carboxylic acids is 1. The van der Waals surface area contributed by atoms with Gasteiger partial charge in [-0.1, -0.05) is 19.1 Å². The summed E-state index contributed by atoms with van der Waals surface area (Å²) in [4.78, 5) is 17.5. The van der Waals surface area contributed by atoms with Crippen LogP contribution in [0.25, 0.3) is 0 Å². The third kappa shape index (κ3) is 2.31. The van der Waals surface area contributed by atoms with Gasteiger partial charge in [0.25, 0.3) is 0 Å². The standard InChI is InChI=1S/C16H15N3O2/c1-11-3-2-4-14-10-21-16-12(5-17)6-18-7-13(16)8-19(14)15(11)9-20/h2-3,6-7,11,14H,4,8,10H2,1H3/t11?,14-/m1/s1. The van der Waals surface area contributed by atoms with Gasteiger partial charge >= 0.3 is 0 Å². The molecule has 0 saturated heterocycles. The van der Waals surface area contributed by atoms with Crippen LogP contribution in [0.2, 0.25) is 0 Å². The van der Waals surface area contributed by atoms with Crippen molar-refractivity contribution in [1.29, 1.82) is 5.26 Å². The van der Waals surface area contributed by atoms with E-state index in [1.165, 1.54) is 6.20 Å². The van der Waals surface area contributed by atoms with E-state index >= 15 is 0 Å². The first-order valence-electron chi connectivity index (χ1n) is 6.92. The van der Waals surface area contributed by atoms with Crippen molar-refractivity contribution in [2.45, 2.75) is 25.9 Å². The van der Waals surface area contributed by atoms with Gasteiger partial charge in [0.15, 0.2) is 0 Å². The first-order chi connectivity index (χ1) is 10.2. The third-order valence-corrected chi connectivity index (χ3v) is 3.97. The van der Waals surface area contributed by atoms with E-state index in [0.29, 0.717) is 30.2 Å². The maximum absolute atomic E-state index is 11.4. The fraction of sp³-hybridized carbons (Fsp3) is 0.375. The van der Waals surface area contributed by atoms with E-state index in [4.69, 9.17) is 10.00 Å².